The lowest BCUT2D eigenvalue weighted by Crippen LogP contribution is -2.38. The SMILES string of the molecule is CC1CCCCN1CCCNc1nc(Cl)c(C#N)s1. The van der Waals surface area contributed by atoms with Gasteiger partial charge in [-0.25, -0.2) is 4.98 Å². The summed E-state index contributed by atoms with van der Waals surface area (Å²) in [7, 11) is 0. The van der Waals surface area contributed by atoms with Gasteiger partial charge in [0.2, 0.25) is 0 Å². The molecule has 1 unspecified atom stereocenters. The molecular weight excluding hydrogens is 280 g/mol. The number of halogens is 1. The number of nitrogens with one attached hydrogen (secondary N) is 1. The summed E-state index contributed by atoms with van der Waals surface area (Å²) in [6, 6.07) is 2.76. The van der Waals surface area contributed by atoms with Crippen LogP contribution in [0.25, 0.3) is 0 Å². The van der Waals surface area contributed by atoms with Gasteiger partial charge in [-0.05, 0) is 32.7 Å². The molecule has 2 heterocycles. The molecule has 0 aromatic carbocycles. The highest BCUT2D eigenvalue weighted by Crippen LogP contribution is 2.25. The van der Waals surface area contributed by atoms with Gasteiger partial charge in [-0.1, -0.05) is 29.4 Å². The van der Waals surface area contributed by atoms with Crippen LogP contribution in [0.2, 0.25) is 5.15 Å². The predicted molar refractivity (Wildman–Crippen MR) is 79.8 cm³/mol. The van der Waals surface area contributed by atoms with Crippen LogP contribution in [0.1, 0.15) is 37.5 Å². The number of hydrogen-bond donors (Lipinski definition) is 1. The van der Waals surface area contributed by atoms with E-state index in [2.05, 4.69) is 22.1 Å². The average molecular weight is 299 g/mol. The standard InChI is InChI=1S/C13H19ClN4S/c1-10-5-2-3-7-18(10)8-4-6-16-13-17-12(14)11(9-15)19-13/h10H,2-8H2,1H3,(H,16,17). The maximum Gasteiger partial charge on any atom is 0.185 e. The van der Waals surface area contributed by atoms with Gasteiger partial charge < -0.3 is 10.2 Å². The molecule has 0 saturated carbocycles. The first-order valence-corrected chi connectivity index (χ1v) is 7.94. The zero-order valence-corrected chi connectivity index (χ0v) is 12.7. The van der Waals surface area contributed by atoms with Crippen LogP contribution in [-0.4, -0.2) is 35.6 Å². The molecule has 1 aromatic rings. The zero-order chi connectivity index (χ0) is 13.7. The van der Waals surface area contributed by atoms with E-state index in [1.165, 1.54) is 37.1 Å². The Kier molecular flexibility index (Phi) is 5.44. The van der Waals surface area contributed by atoms with Crippen LogP contribution >= 0.6 is 22.9 Å². The van der Waals surface area contributed by atoms with Crippen LogP contribution in [0.15, 0.2) is 0 Å². The minimum atomic E-state index is 0.305. The van der Waals surface area contributed by atoms with Crippen molar-refractivity contribution in [3.8, 4) is 6.07 Å². The molecule has 1 saturated heterocycles. The molecule has 1 N–H and O–H groups in total. The number of likely N-dealkylation sites (tertiary alicyclic amines) is 1. The van der Waals surface area contributed by atoms with Crippen LogP contribution in [0, 0.1) is 11.3 Å². The Morgan fingerprint density at radius 1 is 1.58 bits per heavy atom. The van der Waals surface area contributed by atoms with E-state index >= 15 is 0 Å². The quantitative estimate of drug-likeness (QED) is 0.847. The van der Waals surface area contributed by atoms with E-state index in [0.29, 0.717) is 16.1 Å². The molecule has 2 rings (SSSR count). The number of aromatic nitrogens is 1. The minimum absolute atomic E-state index is 0.305. The van der Waals surface area contributed by atoms with Gasteiger partial charge in [0.05, 0.1) is 0 Å². The van der Waals surface area contributed by atoms with E-state index in [4.69, 9.17) is 16.9 Å². The van der Waals surface area contributed by atoms with Crippen molar-refractivity contribution >= 4 is 28.1 Å². The van der Waals surface area contributed by atoms with Gasteiger partial charge in [-0.2, -0.15) is 5.26 Å². The lowest BCUT2D eigenvalue weighted by atomic mass is 10.0. The molecule has 0 radical (unpaired) electrons. The van der Waals surface area contributed by atoms with Gasteiger partial charge in [-0.3, -0.25) is 0 Å². The first kappa shape index (κ1) is 14.6. The highest BCUT2D eigenvalue weighted by Gasteiger charge is 2.17. The third-order valence-electron chi connectivity index (χ3n) is 3.53. The molecular formula is C13H19ClN4S. The lowest BCUT2D eigenvalue weighted by molar-refractivity contribution is 0.160. The van der Waals surface area contributed by atoms with E-state index in [0.717, 1.165) is 24.6 Å². The van der Waals surface area contributed by atoms with Crippen molar-refractivity contribution in [3.63, 3.8) is 0 Å². The molecule has 4 nitrogen and oxygen atoms in total. The van der Waals surface area contributed by atoms with Crippen LogP contribution in [0.4, 0.5) is 5.13 Å². The van der Waals surface area contributed by atoms with Crippen molar-refractivity contribution in [3.05, 3.63) is 10.0 Å². The summed E-state index contributed by atoms with van der Waals surface area (Å²) < 4.78 is 0. The van der Waals surface area contributed by atoms with Crippen molar-refractivity contribution in [2.45, 2.75) is 38.6 Å². The van der Waals surface area contributed by atoms with Crippen LogP contribution in [0.5, 0.6) is 0 Å². The van der Waals surface area contributed by atoms with E-state index < -0.39 is 0 Å². The van der Waals surface area contributed by atoms with Gasteiger partial charge >= 0.3 is 0 Å². The van der Waals surface area contributed by atoms with Crippen LogP contribution in [0.3, 0.4) is 0 Å². The Balaban J connectivity index is 1.70. The zero-order valence-electron chi connectivity index (χ0n) is 11.2. The average Bonchev–Trinajstić information content (AvgIpc) is 2.77. The van der Waals surface area contributed by atoms with E-state index in [1.54, 1.807) is 0 Å². The van der Waals surface area contributed by atoms with E-state index in [9.17, 15) is 0 Å². The fourth-order valence-electron chi connectivity index (χ4n) is 2.41. The fraction of sp³-hybridized carbons (Fsp3) is 0.692. The van der Waals surface area contributed by atoms with Gasteiger partial charge in [0.15, 0.2) is 10.3 Å². The topological polar surface area (TPSA) is 52.0 Å². The molecule has 1 fully saturated rings. The van der Waals surface area contributed by atoms with Crippen molar-refractivity contribution in [1.29, 1.82) is 5.26 Å². The van der Waals surface area contributed by atoms with Crippen LogP contribution < -0.4 is 5.32 Å². The summed E-state index contributed by atoms with van der Waals surface area (Å²) in [4.78, 5) is 7.15. The van der Waals surface area contributed by atoms with Gasteiger partial charge in [0.1, 0.15) is 10.9 Å². The molecule has 0 bridgehead atoms. The Labute approximate surface area is 123 Å². The van der Waals surface area contributed by atoms with Crippen molar-refractivity contribution in [1.82, 2.24) is 9.88 Å². The number of thiazole rings is 1. The number of piperidine rings is 1. The summed E-state index contributed by atoms with van der Waals surface area (Å²) in [5, 5.41) is 13.1. The second-order valence-electron chi connectivity index (χ2n) is 4.91. The van der Waals surface area contributed by atoms with Gasteiger partial charge in [0.25, 0.3) is 0 Å². The fourth-order valence-corrected chi connectivity index (χ4v) is 3.39. The third-order valence-corrected chi connectivity index (χ3v) is 4.83. The second-order valence-corrected chi connectivity index (χ2v) is 6.27. The van der Waals surface area contributed by atoms with Crippen LogP contribution in [-0.2, 0) is 0 Å². The maximum atomic E-state index is 8.80. The molecule has 0 spiro atoms. The summed E-state index contributed by atoms with van der Waals surface area (Å²) in [6.07, 6.45) is 5.10. The molecule has 0 amide bonds. The molecule has 1 atom stereocenters. The first-order valence-electron chi connectivity index (χ1n) is 6.75. The minimum Gasteiger partial charge on any atom is -0.361 e. The molecule has 104 valence electrons. The Bertz CT molecular complexity index is 454. The molecule has 1 aromatic heterocycles. The molecule has 6 heteroatoms. The van der Waals surface area contributed by atoms with Gasteiger partial charge in [-0.15, -0.1) is 0 Å². The summed E-state index contributed by atoms with van der Waals surface area (Å²) in [6.45, 7) is 5.53. The van der Waals surface area contributed by atoms with E-state index in [-0.39, 0.29) is 0 Å². The largest absolute Gasteiger partial charge is 0.361 e. The number of hydrogen-bond acceptors (Lipinski definition) is 5. The first-order chi connectivity index (χ1) is 9.20. The highest BCUT2D eigenvalue weighted by molar-refractivity contribution is 7.16. The second kappa shape index (κ2) is 7.09. The summed E-state index contributed by atoms with van der Waals surface area (Å²) in [5.41, 5.74) is 0. The third kappa shape index (κ3) is 4.07. The smallest absolute Gasteiger partial charge is 0.185 e. The Hall–Kier alpha value is -0.830. The van der Waals surface area contributed by atoms with Crippen molar-refractivity contribution in [2.24, 2.45) is 0 Å². The molecule has 19 heavy (non-hydrogen) atoms. The Morgan fingerprint density at radius 2 is 2.42 bits per heavy atom. The molecule has 1 aliphatic rings. The lowest BCUT2D eigenvalue weighted by Gasteiger charge is -2.33. The van der Waals surface area contributed by atoms with Crippen molar-refractivity contribution in [2.75, 3.05) is 25.0 Å². The monoisotopic (exact) mass is 298 g/mol. The predicted octanol–water partition coefficient (Wildman–Crippen LogP) is 3.34. The maximum absolute atomic E-state index is 8.80. The van der Waals surface area contributed by atoms with Crippen molar-refractivity contribution < 1.29 is 0 Å². The van der Waals surface area contributed by atoms with Gasteiger partial charge in [0, 0.05) is 19.1 Å². The molecule has 1 aliphatic heterocycles. The normalized spacial score (nSPS) is 20.2. The number of anilines is 1. The number of rotatable bonds is 5. The number of nitrogens with zero attached hydrogens (tertiary/aromatic N) is 3. The summed E-state index contributed by atoms with van der Waals surface area (Å²) in [5.74, 6) is 0. The highest BCUT2D eigenvalue weighted by atomic mass is 35.5. The number of nitriles is 1. The summed E-state index contributed by atoms with van der Waals surface area (Å²) >= 11 is 7.14. The molecule has 0 aliphatic carbocycles. The Morgan fingerprint density at radius 3 is 3.11 bits per heavy atom. The van der Waals surface area contributed by atoms with E-state index in [1.807, 2.05) is 6.07 Å².